The van der Waals surface area contributed by atoms with E-state index in [1.165, 1.54) is 25.1 Å². The minimum absolute atomic E-state index is 0.0906. The number of carbonyl (C=O) groups is 2. The summed E-state index contributed by atoms with van der Waals surface area (Å²) in [5.41, 5.74) is -0.296. The number of ether oxygens (including phenoxy) is 1. The molecule has 1 heterocycles. The highest BCUT2D eigenvalue weighted by Gasteiger charge is 2.52. The van der Waals surface area contributed by atoms with Crippen LogP contribution in [0.4, 0.5) is 0 Å². The molecule has 0 aromatic heterocycles. The van der Waals surface area contributed by atoms with Gasteiger partial charge in [-0.05, 0) is 61.7 Å². The van der Waals surface area contributed by atoms with Gasteiger partial charge in [-0.2, -0.15) is 0 Å². The summed E-state index contributed by atoms with van der Waals surface area (Å²) in [5, 5.41) is 13.6. The average Bonchev–Trinajstić information content (AvgIpc) is 3.45. The molecule has 1 saturated heterocycles. The van der Waals surface area contributed by atoms with Gasteiger partial charge in [0.1, 0.15) is 11.2 Å². The van der Waals surface area contributed by atoms with Gasteiger partial charge in [-0.15, -0.1) is 0 Å². The molecular weight excluding hydrogens is 563 g/mol. The van der Waals surface area contributed by atoms with Gasteiger partial charge in [0.05, 0.1) is 24.1 Å². The van der Waals surface area contributed by atoms with Crippen molar-refractivity contribution in [3.63, 3.8) is 0 Å². The first-order chi connectivity index (χ1) is 18.5. The van der Waals surface area contributed by atoms with E-state index in [0.717, 1.165) is 11.1 Å². The van der Waals surface area contributed by atoms with Crippen LogP contribution in [0.1, 0.15) is 31.4 Å². The second-order valence-corrected chi connectivity index (χ2v) is 12.1. The third-order valence-electron chi connectivity index (χ3n) is 6.99. The number of nitrogens with one attached hydrogen (secondary N) is 2. The maximum atomic E-state index is 13.7. The Morgan fingerprint density at radius 2 is 1.72 bits per heavy atom. The van der Waals surface area contributed by atoms with Crippen molar-refractivity contribution in [3.8, 4) is 16.9 Å². The molecule has 1 unspecified atom stereocenters. The topological polar surface area (TPSA) is 122 Å². The quantitative estimate of drug-likeness (QED) is 0.281. The van der Waals surface area contributed by atoms with E-state index in [1.807, 2.05) is 24.3 Å². The summed E-state index contributed by atoms with van der Waals surface area (Å²) in [7, 11) is -2.82. The Bertz CT molecular complexity index is 1470. The molecule has 206 valence electrons. The average molecular weight is 592 g/mol. The molecule has 3 N–H and O–H groups in total. The predicted molar refractivity (Wildman–Crippen MR) is 150 cm³/mol. The second-order valence-electron chi connectivity index (χ2n) is 9.50. The number of Topliss-reactive ketones (excluding diaryl/α,β-unsaturated/α-hetero) is 1. The smallest absolute Gasteiger partial charge is 0.318 e. The Morgan fingerprint density at radius 3 is 2.28 bits per heavy atom. The number of carboxylic acid groups (broad SMARTS) is 1. The van der Waals surface area contributed by atoms with E-state index in [9.17, 15) is 23.1 Å². The van der Waals surface area contributed by atoms with Crippen molar-refractivity contribution in [2.24, 2.45) is 5.41 Å². The lowest BCUT2D eigenvalue weighted by atomic mass is 9.73. The highest BCUT2D eigenvalue weighted by Crippen LogP contribution is 2.40. The fourth-order valence-corrected chi connectivity index (χ4v) is 6.84. The number of hydrogen-bond acceptors (Lipinski definition) is 6. The summed E-state index contributed by atoms with van der Waals surface area (Å²) < 4.78 is 35.0. The molecule has 3 aromatic rings. The zero-order valence-corrected chi connectivity index (χ0v) is 23.6. The molecule has 0 radical (unpaired) electrons. The maximum absolute atomic E-state index is 13.7. The van der Waals surface area contributed by atoms with Gasteiger partial charge in [-0.1, -0.05) is 65.7 Å². The summed E-state index contributed by atoms with van der Waals surface area (Å²) in [5.74, 6) is -1.43. The second kappa shape index (κ2) is 11.7. The van der Waals surface area contributed by atoms with Gasteiger partial charge in [0.15, 0.2) is 5.78 Å². The van der Waals surface area contributed by atoms with Crippen LogP contribution in [0.15, 0.2) is 71.6 Å². The van der Waals surface area contributed by atoms with E-state index in [1.54, 1.807) is 31.4 Å². The first-order valence-electron chi connectivity index (χ1n) is 12.2. The van der Waals surface area contributed by atoms with Crippen LogP contribution in [0, 0.1) is 5.41 Å². The van der Waals surface area contributed by atoms with Crippen LogP contribution in [0.25, 0.3) is 11.1 Å². The normalized spacial score (nSPS) is 17.8. The molecule has 4 rings (SSSR count). The molecule has 39 heavy (non-hydrogen) atoms. The zero-order valence-electron chi connectivity index (χ0n) is 21.3. The summed E-state index contributed by atoms with van der Waals surface area (Å²) in [6.07, 6.45) is 1.16. The van der Waals surface area contributed by atoms with Crippen LogP contribution < -0.4 is 14.8 Å². The van der Waals surface area contributed by atoms with Crippen molar-refractivity contribution in [3.05, 3.63) is 82.3 Å². The fourth-order valence-electron chi connectivity index (χ4n) is 4.81. The number of sulfonamides is 1. The lowest BCUT2D eigenvalue weighted by molar-refractivity contribution is -0.156. The minimum Gasteiger partial charge on any atom is -0.496 e. The standard InChI is InChI=1S/C28H28Cl2N2O6S/c1-28(27(34)35,26(33)23-7-5-13-31-23)25(32-39(36,37)21-15-19(29)14-20(30)16-21)18-11-9-17(10-12-18)22-6-3-4-8-24(22)38-2/h3-4,6,8-12,14-16,23,25,31-32H,5,7,13H2,1-2H3,(H,34,35)/t23?,25-,28+/m1/s1. The van der Waals surface area contributed by atoms with Crippen molar-refractivity contribution in [1.82, 2.24) is 10.0 Å². The molecule has 1 fully saturated rings. The molecule has 3 atom stereocenters. The van der Waals surface area contributed by atoms with E-state index in [0.29, 0.717) is 30.7 Å². The van der Waals surface area contributed by atoms with Crippen molar-refractivity contribution in [2.45, 2.75) is 36.7 Å². The number of methoxy groups -OCH3 is 1. The SMILES string of the molecule is COc1ccccc1-c1ccc([C@@H](NS(=O)(=O)c2cc(Cl)cc(Cl)c2)[C@](C)(C(=O)O)C(=O)C2CCCN2)cc1. The summed E-state index contributed by atoms with van der Waals surface area (Å²) in [4.78, 5) is 26.2. The Hall–Kier alpha value is -2.95. The van der Waals surface area contributed by atoms with Gasteiger partial charge in [0.25, 0.3) is 0 Å². The Kier molecular flexibility index (Phi) is 8.68. The molecule has 0 bridgehead atoms. The molecular formula is C28H28Cl2N2O6S. The number of carboxylic acids is 1. The number of rotatable bonds is 10. The number of hydrogen-bond donors (Lipinski definition) is 3. The molecule has 0 spiro atoms. The monoisotopic (exact) mass is 590 g/mol. The van der Waals surface area contributed by atoms with E-state index >= 15 is 0 Å². The largest absolute Gasteiger partial charge is 0.496 e. The molecule has 0 aliphatic carbocycles. The molecule has 8 nitrogen and oxygen atoms in total. The Balaban J connectivity index is 1.83. The molecule has 1 aliphatic rings. The Labute approximate surface area is 237 Å². The lowest BCUT2D eigenvalue weighted by Gasteiger charge is -2.35. The fraction of sp³-hybridized carbons (Fsp3) is 0.286. The van der Waals surface area contributed by atoms with E-state index in [4.69, 9.17) is 27.9 Å². The summed E-state index contributed by atoms with van der Waals surface area (Å²) in [6, 6.07) is 15.7. The number of benzene rings is 3. The van der Waals surface area contributed by atoms with Crippen molar-refractivity contribution >= 4 is 45.0 Å². The lowest BCUT2D eigenvalue weighted by Crippen LogP contribution is -2.54. The van der Waals surface area contributed by atoms with E-state index < -0.39 is 39.3 Å². The summed E-state index contributed by atoms with van der Waals surface area (Å²) in [6.45, 7) is 1.82. The van der Waals surface area contributed by atoms with Crippen molar-refractivity contribution in [2.75, 3.05) is 13.7 Å². The number of carbonyl (C=O) groups excluding carboxylic acids is 1. The third kappa shape index (κ3) is 5.97. The highest BCUT2D eigenvalue weighted by molar-refractivity contribution is 7.89. The van der Waals surface area contributed by atoms with Crippen LogP contribution in [-0.4, -0.2) is 45.0 Å². The van der Waals surface area contributed by atoms with Crippen molar-refractivity contribution < 1.29 is 27.9 Å². The van der Waals surface area contributed by atoms with Crippen LogP contribution in [0.5, 0.6) is 5.75 Å². The number of aliphatic carboxylic acids is 1. The molecule has 0 amide bonds. The minimum atomic E-state index is -4.37. The number of halogens is 2. The maximum Gasteiger partial charge on any atom is 0.318 e. The Morgan fingerprint density at radius 1 is 1.08 bits per heavy atom. The molecule has 3 aromatic carbocycles. The highest BCUT2D eigenvalue weighted by atomic mass is 35.5. The van der Waals surface area contributed by atoms with Crippen LogP contribution in [0.3, 0.4) is 0 Å². The van der Waals surface area contributed by atoms with Crippen molar-refractivity contribution in [1.29, 1.82) is 0 Å². The first kappa shape index (κ1) is 29.0. The third-order valence-corrected chi connectivity index (χ3v) is 8.83. The van der Waals surface area contributed by atoms with Gasteiger partial charge in [-0.3, -0.25) is 9.59 Å². The summed E-state index contributed by atoms with van der Waals surface area (Å²) >= 11 is 12.1. The van der Waals surface area contributed by atoms with Gasteiger partial charge in [-0.25, -0.2) is 13.1 Å². The molecule has 0 saturated carbocycles. The first-order valence-corrected chi connectivity index (χ1v) is 14.4. The zero-order chi connectivity index (χ0) is 28.4. The van der Waals surface area contributed by atoms with Gasteiger partial charge in [0.2, 0.25) is 10.0 Å². The molecule has 1 aliphatic heterocycles. The van der Waals surface area contributed by atoms with Crippen LogP contribution >= 0.6 is 23.2 Å². The number of para-hydroxylation sites is 1. The van der Waals surface area contributed by atoms with Crippen LogP contribution in [0.2, 0.25) is 10.0 Å². The van der Waals surface area contributed by atoms with Gasteiger partial charge >= 0.3 is 5.97 Å². The van der Waals surface area contributed by atoms with E-state index in [-0.39, 0.29) is 14.9 Å². The van der Waals surface area contributed by atoms with Crippen LogP contribution in [-0.2, 0) is 19.6 Å². The predicted octanol–water partition coefficient (Wildman–Crippen LogP) is 5.10. The van der Waals surface area contributed by atoms with E-state index in [2.05, 4.69) is 10.0 Å². The van der Waals surface area contributed by atoms with Gasteiger partial charge < -0.3 is 15.2 Å². The molecule has 11 heteroatoms. The van der Waals surface area contributed by atoms with Gasteiger partial charge in [0, 0.05) is 15.6 Å². The number of ketones is 1.